The smallest absolute Gasteiger partial charge is 0.253 e. The van der Waals surface area contributed by atoms with E-state index in [1.54, 1.807) is 0 Å². The van der Waals surface area contributed by atoms with Crippen LogP contribution in [0.2, 0.25) is 5.02 Å². The van der Waals surface area contributed by atoms with Gasteiger partial charge in [0.2, 0.25) is 0 Å². The van der Waals surface area contributed by atoms with Gasteiger partial charge in [-0.1, -0.05) is 11.6 Å². The molecule has 0 saturated carbocycles. The molecule has 0 aliphatic heterocycles. The maximum atomic E-state index is 10.5. The van der Waals surface area contributed by atoms with Crippen molar-refractivity contribution in [2.24, 2.45) is 0 Å². The number of hydrogen-bond acceptors (Lipinski definition) is 3. The van der Waals surface area contributed by atoms with Gasteiger partial charge in [0.15, 0.2) is 0 Å². The Balaban J connectivity index is 3.15. The van der Waals surface area contributed by atoms with Gasteiger partial charge in [0.25, 0.3) is 5.24 Å². The second-order valence-corrected chi connectivity index (χ2v) is 2.62. The Kier molecular flexibility index (Phi) is 2.31. The average Bonchev–Trinajstić information content (AvgIpc) is 1.94. The van der Waals surface area contributed by atoms with Crippen LogP contribution in [-0.4, -0.2) is 10.2 Å². The Morgan fingerprint density at radius 2 is 2.27 bits per heavy atom. The van der Waals surface area contributed by atoms with Gasteiger partial charge in [-0.25, -0.2) is 4.98 Å². The van der Waals surface area contributed by atoms with Crippen molar-refractivity contribution in [1.82, 2.24) is 4.98 Å². The van der Waals surface area contributed by atoms with Crippen molar-refractivity contribution in [1.29, 1.82) is 0 Å². The minimum absolute atomic E-state index is 0.188. The van der Waals surface area contributed by atoms with E-state index in [9.17, 15) is 4.79 Å². The molecule has 0 aliphatic carbocycles. The van der Waals surface area contributed by atoms with E-state index < -0.39 is 5.24 Å². The van der Waals surface area contributed by atoms with Crippen LogP contribution < -0.4 is 5.73 Å². The lowest BCUT2D eigenvalue weighted by molar-refractivity contribution is 0.108. The summed E-state index contributed by atoms with van der Waals surface area (Å²) in [5.74, 6) is 0.188. The highest BCUT2D eigenvalue weighted by atomic mass is 35.5. The number of carbonyl (C=O) groups excluding carboxylic acids is 1. The number of anilines is 1. The minimum atomic E-state index is -0.598. The molecule has 0 spiro atoms. The van der Waals surface area contributed by atoms with Gasteiger partial charge in [-0.05, 0) is 17.7 Å². The quantitative estimate of drug-likeness (QED) is 0.687. The molecule has 2 N–H and O–H groups in total. The second kappa shape index (κ2) is 3.07. The summed E-state index contributed by atoms with van der Waals surface area (Å²) in [6.45, 7) is 0. The molecule has 0 unspecified atom stereocenters. The fourth-order valence-electron chi connectivity index (χ4n) is 0.556. The van der Waals surface area contributed by atoms with E-state index in [1.165, 1.54) is 12.3 Å². The molecule has 0 aliphatic rings. The monoisotopic (exact) mass is 190 g/mol. The molecule has 5 heteroatoms. The normalized spacial score (nSPS) is 9.64. The molecular weight excluding hydrogens is 187 g/mol. The van der Waals surface area contributed by atoms with Gasteiger partial charge in [-0.3, -0.25) is 4.79 Å². The molecule has 0 aromatic carbocycles. The molecule has 0 amide bonds. The first-order valence-corrected chi connectivity index (χ1v) is 3.47. The van der Waals surface area contributed by atoms with Crippen LogP contribution in [0.5, 0.6) is 0 Å². The zero-order chi connectivity index (χ0) is 8.43. The van der Waals surface area contributed by atoms with Crippen LogP contribution >= 0.6 is 23.2 Å². The minimum Gasteiger partial charge on any atom is -0.382 e. The van der Waals surface area contributed by atoms with E-state index in [2.05, 4.69) is 4.98 Å². The van der Waals surface area contributed by atoms with Crippen LogP contribution in [0, 0.1) is 0 Å². The van der Waals surface area contributed by atoms with E-state index in [4.69, 9.17) is 28.9 Å². The molecule has 0 fully saturated rings. The van der Waals surface area contributed by atoms with E-state index >= 15 is 0 Å². The standard InChI is InChI=1S/C6H4Cl2N2O/c7-4-1-3(5(8)11)2-10-6(4)9/h1-2H,(H2,9,10). The third-order valence-corrected chi connectivity index (χ3v) is 1.62. The number of hydrogen-bond donors (Lipinski definition) is 1. The van der Waals surface area contributed by atoms with Gasteiger partial charge in [0, 0.05) is 6.20 Å². The maximum absolute atomic E-state index is 10.5. The van der Waals surface area contributed by atoms with Crippen molar-refractivity contribution in [2.75, 3.05) is 5.73 Å². The number of nitrogen functional groups attached to an aromatic ring is 1. The van der Waals surface area contributed by atoms with Gasteiger partial charge in [0.05, 0.1) is 10.6 Å². The lowest BCUT2D eigenvalue weighted by atomic mass is 10.3. The highest BCUT2D eigenvalue weighted by molar-refractivity contribution is 6.67. The summed E-state index contributed by atoms with van der Waals surface area (Å²) >= 11 is 10.7. The van der Waals surface area contributed by atoms with Crippen molar-refractivity contribution in [2.45, 2.75) is 0 Å². The summed E-state index contributed by atoms with van der Waals surface area (Å²) < 4.78 is 0. The highest BCUT2D eigenvalue weighted by Crippen LogP contribution is 2.17. The molecule has 1 rings (SSSR count). The number of rotatable bonds is 1. The van der Waals surface area contributed by atoms with Crippen LogP contribution in [0.1, 0.15) is 10.4 Å². The molecule has 0 atom stereocenters. The van der Waals surface area contributed by atoms with Gasteiger partial charge >= 0.3 is 0 Å². The van der Waals surface area contributed by atoms with Gasteiger partial charge in [0.1, 0.15) is 5.82 Å². The summed E-state index contributed by atoms with van der Waals surface area (Å²) in [7, 11) is 0. The Morgan fingerprint density at radius 3 is 2.73 bits per heavy atom. The zero-order valence-corrected chi connectivity index (χ0v) is 6.86. The van der Waals surface area contributed by atoms with E-state index in [0.717, 1.165) is 0 Å². The first-order chi connectivity index (χ1) is 5.11. The number of halogens is 2. The van der Waals surface area contributed by atoms with Gasteiger partial charge in [-0.15, -0.1) is 0 Å². The Bertz CT molecular complexity index is 301. The molecule has 0 saturated heterocycles. The summed E-state index contributed by atoms with van der Waals surface area (Å²) in [5.41, 5.74) is 5.53. The average molecular weight is 191 g/mol. The predicted molar refractivity (Wildman–Crippen MR) is 43.8 cm³/mol. The Morgan fingerprint density at radius 1 is 1.64 bits per heavy atom. The van der Waals surface area contributed by atoms with Crippen LogP contribution in [-0.2, 0) is 0 Å². The van der Waals surface area contributed by atoms with Crippen molar-refractivity contribution >= 4 is 34.3 Å². The molecular formula is C6H4Cl2N2O. The van der Waals surface area contributed by atoms with Crippen LogP contribution in [0.4, 0.5) is 5.82 Å². The van der Waals surface area contributed by atoms with Gasteiger partial charge in [-0.2, -0.15) is 0 Å². The fourth-order valence-corrected chi connectivity index (χ4v) is 0.826. The molecule has 58 valence electrons. The largest absolute Gasteiger partial charge is 0.382 e. The van der Waals surface area contributed by atoms with Gasteiger partial charge < -0.3 is 5.73 Å². The number of pyridine rings is 1. The van der Waals surface area contributed by atoms with E-state index in [1.807, 2.05) is 0 Å². The number of carbonyl (C=O) groups is 1. The summed E-state index contributed by atoms with van der Waals surface area (Å²) in [6, 6.07) is 1.37. The molecule has 3 nitrogen and oxygen atoms in total. The second-order valence-electron chi connectivity index (χ2n) is 1.86. The third-order valence-electron chi connectivity index (χ3n) is 1.10. The highest BCUT2D eigenvalue weighted by Gasteiger charge is 2.04. The van der Waals surface area contributed by atoms with Crippen molar-refractivity contribution in [3.63, 3.8) is 0 Å². The number of aromatic nitrogens is 1. The first-order valence-electron chi connectivity index (χ1n) is 2.72. The first kappa shape index (κ1) is 8.30. The maximum Gasteiger partial charge on any atom is 0.253 e. The molecule has 0 bridgehead atoms. The zero-order valence-electron chi connectivity index (χ0n) is 5.34. The summed E-state index contributed by atoms with van der Waals surface area (Å²) in [5, 5.41) is -0.365. The van der Waals surface area contributed by atoms with E-state index in [0.29, 0.717) is 0 Å². The molecule has 0 radical (unpaired) electrons. The number of nitrogens with two attached hydrogens (primary N) is 1. The van der Waals surface area contributed by atoms with Crippen LogP contribution in [0.15, 0.2) is 12.3 Å². The Labute approximate surface area is 73.1 Å². The molecule has 11 heavy (non-hydrogen) atoms. The lowest BCUT2D eigenvalue weighted by Gasteiger charge is -1.96. The van der Waals surface area contributed by atoms with Crippen LogP contribution in [0.25, 0.3) is 0 Å². The predicted octanol–water partition coefficient (Wildman–Crippen LogP) is 1.70. The topological polar surface area (TPSA) is 56.0 Å². The fraction of sp³-hybridized carbons (Fsp3) is 0. The molecule has 1 aromatic rings. The SMILES string of the molecule is Nc1ncc(C(=O)Cl)cc1Cl. The molecule has 1 aromatic heterocycles. The molecule has 1 heterocycles. The third kappa shape index (κ3) is 1.82. The van der Waals surface area contributed by atoms with Crippen molar-refractivity contribution in [3.05, 3.63) is 22.8 Å². The van der Waals surface area contributed by atoms with Crippen molar-refractivity contribution in [3.8, 4) is 0 Å². The van der Waals surface area contributed by atoms with Crippen molar-refractivity contribution < 1.29 is 4.79 Å². The number of nitrogens with zero attached hydrogens (tertiary/aromatic N) is 1. The van der Waals surface area contributed by atoms with E-state index in [-0.39, 0.29) is 16.4 Å². The van der Waals surface area contributed by atoms with Crippen LogP contribution in [0.3, 0.4) is 0 Å². The summed E-state index contributed by atoms with van der Waals surface area (Å²) in [6.07, 6.45) is 1.27. The lowest BCUT2D eigenvalue weighted by Crippen LogP contribution is -1.95. The Hall–Kier alpha value is -0.800. The summed E-state index contributed by atoms with van der Waals surface area (Å²) in [4.78, 5) is 14.2.